The largest absolute Gasteiger partial charge is 0.463 e. The van der Waals surface area contributed by atoms with E-state index in [4.69, 9.17) is 4.74 Å². The highest BCUT2D eigenvalue weighted by Gasteiger charge is 2.14. The third-order valence-electron chi connectivity index (χ3n) is 5.06. The van der Waals surface area contributed by atoms with Gasteiger partial charge in [-0.15, -0.1) is 15.3 Å². The highest BCUT2D eigenvalue weighted by Crippen LogP contribution is 2.30. The summed E-state index contributed by atoms with van der Waals surface area (Å²) in [5.74, 6) is 2.11. The quantitative estimate of drug-likeness (QED) is 0.439. The van der Waals surface area contributed by atoms with Crippen LogP contribution in [0, 0.1) is 5.92 Å². The normalized spacial score (nSPS) is 11.2. The molecule has 0 aliphatic heterocycles. The van der Waals surface area contributed by atoms with E-state index in [2.05, 4.69) is 74.9 Å². The van der Waals surface area contributed by atoms with Crippen molar-refractivity contribution < 1.29 is 4.74 Å². The van der Waals surface area contributed by atoms with E-state index in [9.17, 15) is 0 Å². The van der Waals surface area contributed by atoms with E-state index < -0.39 is 0 Å². The average Bonchev–Trinajstić information content (AvgIpc) is 3.43. The fraction of sp³-hybridized carbons (Fsp3) is 0.348. The molecule has 0 bridgehead atoms. The molecule has 0 amide bonds. The predicted octanol–water partition coefficient (Wildman–Crippen LogP) is 4.16. The molecule has 4 aromatic rings. The standard InChI is InChI=1S/C23H27N7O/c1-4-31-23-24-21(30(27-23)14-13-16(2)3)15-17-9-11-18(12-10-17)19-7-5-6-8-20(19)22-25-28-29-26-22/h5-12,16H,4,13-15H2,1-3H3,(H,25,26,28,29). The number of benzene rings is 2. The van der Waals surface area contributed by atoms with Crippen molar-refractivity contribution in [1.29, 1.82) is 0 Å². The summed E-state index contributed by atoms with van der Waals surface area (Å²) in [5.41, 5.74) is 4.27. The van der Waals surface area contributed by atoms with Crippen molar-refractivity contribution in [3.8, 4) is 28.5 Å². The molecule has 0 unspecified atom stereocenters. The number of hydrogen-bond donors (Lipinski definition) is 1. The molecule has 2 aromatic carbocycles. The lowest BCUT2D eigenvalue weighted by Crippen LogP contribution is -2.08. The van der Waals surface area contributed by atoms with Gasteiger partial charge in [-0.1, -0.05) is 62.4 Å². The van der Waals surface area contributed by atoms with Crippen molar-refractivity contribution in [1.82, 2.24) is 35.4 Å². The molecule has 0 saturated heterocycles. The summed E-state index contributed by atoms with van der Waals surface area (Å²) in [4.78, 5) is 4.60. The summed E-state index contributed by atoms with van der Waals surface area (Å²) in [5, 5.41) is 19.0. The molecule has 4 rings (SSSR count). The van der Waals surface area contributed by atoms with Gasteiger partial charge in [0.15, 0.2) is 0 Å². The molecule has 8 heteroatoms. The van der Waals surface area contributed by atoms with E-state index in [0.717, 1.165) is 35.5 Å². The molecular formula is C23H27N7O. The highest BCUT2D eigenvalue weighted by molar-refractivity contribution is 5.80. The van der Waals surface area contributed by atoms with Crippen LogP contribution < -0.4 is 4.74 Å². The van der Waals surface area contributed by atoms with Gasteiger partial charge in [0, 0.05) is 18.5 Å². The lowest BCUT2D eigenvalue weighted by Gasteiger charge is -2.09. The van der Waals surface area contributed by atoms with Crippen LogP contribution >= 0.6 is 0 Å². The van der Waals surface area contributed by atoms with Crippen LogP contribution in [0.2, 0.25) is 0 Å². The number of aromatic amines is 1. The second-order valence-corrected chi connectivity index (χ2v) is 7.80. The summed E-state index contributed by atoms with van der Waals surface area (Å²) >= 11 is 0. The Hall–Kier alpha value is -3.55. The van der Waals surface area contributed by atoms with Crippen molar-refractivity contribution in [2.75, 3.05) is 6.61 Å². The van der Waals surface area contributed by atoms with E-state index in [0.29, 0.717) is 30.8 Å². The van der Waals surface area contributed by atoms with Gasteiger partial charge in [0.05, 0.1) is 6.61 Å². The maximum absolute atomic E-state index is 5.53. The number of nitrogens with one attached hydrogen (secondary N) is 1. The molecule has 1 N–H and O–H groups in total. The van der Waals surface area contributed by atoms with E-state index in [1.807, 2.05) is 29.8 Å². The number of H-pyrrole nitrogens is 1. The van der Waals surface area contributed by atoms with Crippen LogP contribution in [0.1, 0.15) is 38.6 Å². The molecule has 0 fully saturated rings. The number of aromatic nitrogens is 7. The van der Waals surface area contributed by atoms with Crippen molar-refractivity contribution in [3.63, 3.8) is 0 Å². The SMILES string of the molecule is CCOc1nc(Cc2ccc(-c3ccccc3-c3nn[nH]n3)cc2)n(CCC(C)C)n1. The summed E-state index contributed by atoms with van der Waals surface area (Å²) < 4.78 is 7.51. The fourth-order valence-electron chi connectivity index (χ4n) is 3.42. The molecule has 8 nitrogen and oxygen atoms in total. The monoisotopic (exact) mass is 417 g/mol. The van der Waals surface area contributed by atoms with Crippen LogP contribution in [-0.4, -0.2) is 42.0 Å². The van der Waals surface area contributed by atoms with Crippen molar-refractivity contribution in [3.05, 3.63) is 59.9 Å². The van der Waals surface area contributed by atoms with Crippen LogP contribution in [0.25, 0.3) is 22.5 Å². The van der Waals surface area contributed by atoms with Gasteiger partial charge in [0.1, 0.15) is 5.82 Å². The minimum Gasteiger partial charge on any atom is -0.463 e. The number of rotatable bonds is 9. The average molecular weight is 418 g/mol. The molecule has 0 aliphatic rings. The van der Waals surface area contributed by atoms with Gasteiger partial charge in [0.2, 0.25) is 5.82 Å². The second-order valence-electron chi connectivity index (χ2n) is 7.80. The van der Waals surface area contributed by atoms with Crippen molar-refractivity contribution in [2.45, 2.75) is 40.2 Å². The minimum absolute atomic E-state index is 0.451. The van der Waals surface area contributed by atoms with E-state index in [1.54, 1.807) is 0 Å². The fourth-order valence-corrected chi connectivity index (χ4v) is 3.42. The van der Waals surface area contributed by atoms with E-state index >= 15 is 0 Å². The predicted molar refractivity (Wildman–Crippen MR) is 119 cm³/mol. The van der Waals surface area contributed by atoms with Gasteiger partial charge in [-0.3, -0.25) is 0 Å². The highest BCUT2D eigenvalue weighted by atomic mass is 16.5. The first-order valence-electron chi connectivity index (χ1n) is 10.6. The first-order chi connectivity index (χ1) is 15.1. The number of aryl methyl sites for hydroxylation is 1. The topological polar surface area (TPSA) is 94.4 Å². The first-order valence-corrected chi connectivity index (χ1v) is 10.6. The molecule has 0 saturated carbocycles. The summed E-state index contributed by atoms with van der Waals surface area (Å²) in [6.45, 7) is 7.77. The minimum atomic E-state index is 0.451. The van der Waals surface area contributed by atoms with Gasteiger partial charge in [0.25, 0.3) is 0 Å². The zero-order valence-corrected chi connectivity index (χ0v) is 18.1. The van der Waals surface area contributed by atoms with Gasteiger partial charge < -0.3 is 4.74 Å². The zero-order chi connectivity index (χ0) is 21.6. The molecule has 2 heterocycles. The number of tetrazole rings is 1. The lowest BCUT2D eigenvalue weighted by atomic mass is 9.98. The van der Waals surface area contributed by atoms with Gasteiger partial charge >= 0.3 is 6.01 Å². The molecule has 0 aliphatic carbocycles. The molecular weight excluding hydrogens is 390 g/mol. The van der Waals surface area contributed by atoms with Crippen molar-refractivity contribution in [2.24, 2.45) is 5.92 Å². The Balaban J connectivity index is 1.56. The molecule has 31 heavy (non-hydrogen) atoms. The van der Waals surface area contributed by atoms with Crippen molar-refractivity contribution >= 4 is 0 Å². The summed E-state index contributed by atoms with van der Waals surface area (Å²) in [7, 11) is 0. The Labute approximate surface area is 181 Å². The molecule has 0 atom stereocenters. The lowest BCUT2D eigenvalue weighted by molar-refractivity contribution is 0.309. The van der Waals surface area contributed by atoms with E-state index in [1.165, 1.54) is 5.56 Å². The maximum atomic E-state index is 5.53. The van der Waals surface area contributed by atoms with Crippen LogP contribution in [0.5, 0.6) is 6.01 Å². The van der Waals surface area contributed by atoms with Crippen LogP contribution in [-0.2, 0) is 13.0 Å². The van der Waals surface area contributed by atoms with Gasteiger partial charge in [-0.05, 0) is 41.2 Å². The van der Waals surface area contributed by atoms with Crippen LogP contribution in [0.4, 0.5) is 0 Å². The molecule has 160 valence electrons. The second kappa shape index (κ2) is 9.51. The van der Waals surface area contributed by atoms with E-state index in [-0.39, 0.29) is 0 Å². The van der Waals surface area contributed by atoms with Crippen LogP contribution in [0.15, 0.2) is 48.5 Å². The third kappa shape index (κ3) is 4.96. The Kier molecular flexibility index (Phi) is 6.35. The molecule has 0 spiro atoms. The number of nitrogens with zero attached hydrogens (tertiary/aromatic N) is 6. The molecule has 0 radical (unpaired) electrons. The number of hydrogen-bond acceptors (Lipinski definition) is 6. The summed E-state index contributed by atoms with van der Waals surface area (Å²) in [6, 6.07) is 17.0. The van der Waals surface area contributed by atoms with Gasteiger partial charge in [-0.25, -0.2) is 4.68 Å². The Bertz CT molecular complexity index is 1100. The Morgan fingerprint density at radius 2 is 1.81 bits per heavy atom. The zero-order valence-electron chi connectivity index (χ0n) is 18.1. The molecule has 2 aromatic heterocycles. The maximum Gasteiger partial charge on any atom is 0.335 e. The Morgan fingerprint density at radius 3 is 2.48 bits per heavy atom. The third-order valence-corrected chi connectivity index (χ3v) is 5.06. The summed E-state index contributed by atoms with van der Waals surface area (Å²) in [6.07, 6.45) is 1.75. The smallest absolute Gasteiger partial charge is 0.335 e. The Morgan fingerprint density at radius 1 is 1.03 bits per heavy atom. The first kappa shape index (κ1) is 20.7. The van der Waals surface area contributed by atoms with Crippen LogP contribution in [0.3, 0.4) is 0 Å². The van der Waals surface area contributed by atoms with Gasteiger partial charge in [-0.2, -0.15) is 10.2 Å². The number of ether oxygens (including phenoxy) is 1.